The highest BCUT2D eigenvalue weighted by Crippen LogP contribution is 2.22. The van der Waals surface area contributed by atoms with Gasteiger partial charge in [0.1, 0.15) is 5.54 Å². The zero-order valence-electron chi connectivity index (χ0n) is 11.0. The van der Waals surface area contributed by atoms with Crippen LogP contribution in [-0.4, -0.2) is 28.3 Å². The molecule has 100 valence electrons. The summed E-state index contributed by atoms with van der Waals surface area (Å²) in [6, 6.07) is 8.92. The van der Waals surface area contributed by atoms with Crippen molar-refractivity contribution in [2.45, 2.75) is 32.2 Å². The molecule has 1 saturated heterocycles. The Labute approximate surface area is 111 Å². The highest BCUT2D eigenvalue weighted by atomic mass is 16.2. The monoisotopic (exact) mass is 260 g/mol. The summed E-state index contributed by atoms with van der Waals surface area (Å²) in [7, 11) is 0. The number of nitrogens with zero attached hydrogens (tertiary/aromatic N) is 1. The molecule has 0 saturated carbocycles. The van der Waals surface area contributed by atoms with Crippen molar-refractivity contribution < 1.29 is 14.4 Å². The smallest absolute Gasteiger partial charge is 0.275 e. The minimum Gasteiger partial charge on any atom is -0.275 e. The maximum absolute atomic E-state index is 12.1. The van der Waals surface area contributed by atoms with Crippen LogP contribution in [0.25, 0.3) is 0 Å². The summed E-state index contributed by atoms with van der Waals surface area (Å²) in [6.45, 7) is 3.13. The molecule has 2 rings (SSSR count). The van der Waals surface area contributed by atoms with E-state index in [1.807, 2.05) is 30.3 Å². The molecule has 0 unspecified atom stereocenters. The first-order valence-electron chi connectivity index (χ1n) is 6.15. The van der Waals surface area contributed by atoms with Crippen molar-refractivity contribution in [1.82, 2.24) is 10.2 Å². The van der Waals surface area contributed by atoms with Crippen LogP contribution in [0, 0.1) is 0 Å². The van der Waals surface area contributed by atoms with Gasteiger partial charge in [-0.3, -0.25) is 14.9 Å². The molecular formula is C14H16N2O3. The van der Waals surface area contributed by atoms with Crippen molar-refractivity contribution >= 4 is 17.8 Å². The van der Waals surface area contributed by atoms with Crippen molar-refractivity contribution in [2.75, 3.05) is 0 Å². The third-order valence-electron chi connectivity index (χ3n) is 3.26. The van der Waals surface area contributed by atoms with Crippen LogP contribution in [0.1, 0.15) is 25.8 Å². The number of aryl methyl sites for hydroxylation is 1. The van der Waals surface area contributed by atoms with Crippen molar-refractivity contribution in [1.29, 1.82) is 0 Å². The summed E-state index contributed by atoms with van der Waals surface area (Å²) in [5, 5.41) is 2.16. The second-order valence-electron chi connectivity index (χ2n) is 5.03. The number of urea groups is 1. The van der Waals surface area contributed by atoms with Gasteiger partial charge in [-0.1, -0.05) is 30.3 Å². The van der Waals surface area contributed by atoms with Gasteiger partial charge in [-0.05, 0) is 25.8 Å². The summed E-state index contributed by atoms with van der Waals surface area (Å²) in [5.41, 5.74) is -0.0789. The topological polar surface area (TPSA) is 66.5 Å². The lowest BCUT2D eigenvalue weighted by atomic mass is 10.0. The first-order valence-corrected chi connectivity index (χ1v) is 6.15. The Hall–Kier alpha value is -2.17. The van der Waals surface area contributed by atoms with Gasteiger partial charge in [0.25, 0.3) is 5.91 Å². The van der Waals surface area contributed by atoms with E-state index in [2.05, 4.69) is 5.32 Å². The molecule has 4 amide bonds. The standard InChI is InChI=1S/C14H16N2O3/c1-14(2)12(18)15-13(19)16(14)11(17)9-8-10-6-4-3-5-7-10/h3-7H,8-9H2,1-2H3,(H,15,18,19). The average Bonchev–Trinajstić information content (AvgIpc) is 2.57. The maximum Gasteiger partial charge on any atom is 0.331 e. The molecule has 1 aliphatic heterocycles. The molecule has 5 heteroatoms. The van der Waals surface area contributed by atoms with E-state index < -0.39 is 17.5 Å². The number of hydrogen-bond acceptors (Lipinski definition) is 3. The van der Waals surface area contributed by atoms with Crippen LogP contribution in [0.3, 0.4) is 0 Å². The number of amides is 4. The van der Waals surface area contributed by atoms with Crippen molar-refractivity contribution in [3.8, 4) is 0 Å². The number of imide groups is 2. The number of rotatable bonds is 3. The Morgan fingerprint density at radius 2 is 1.84 bits per heavy atom. The Bertz CT molecular complexity index is 523. The fraction of sp³-hybridized carbons (Fsp3) is 0.357. The molecule has 1 aromatic carbocycles. The first kappa shape index (κ1) is 13.3. The molecule has 1 fully saturated rings. The van der Waals surface area contributed by atoms with Crippen LogP contribution in [0.4, 0.5) is 4.79 Å². The van der Waals surface area contributed by atoms with Gasteiger partial charge in [-0.25, -0.2) is 9.69 Å². The molecule has 5 nitrogen and oxygen atoms in total. The van der Waals surface area contributed by atoms with Gasteiger partial charge in [0.2, 0.25) is 5.91 Å². The van der Waals surface area contributed by atoms with Gasteiger partial charge >= 0.3 is 6.03 Å². The predicted molar refractivity (Wildman–Crippen MR) is 69.2 cm³/mol. The molecule has 0 bridgehead atoms. The van der Waals surface area contributed by atoms with Crippen molar-refractivity contribution in [3.63, 3.8) is 0 Å². The van der Waals surface area contributed by atoms with E-state index in [4.69, 9.17) is 0 Å². The second kappa shape index (κ2) is 4.84. The number of carbonyl (C=O) groups excluding carboxylic acids is 3. The van der Waals surface area contributed by atoms with E-state index in [0.717, 1.165) is 10.5 Å². The largest absolute Gasteiger partial charge is 0.331 e. The quantitative estimate of drug-likeness (QED) is 0.837. The fourth-order valence-corrected chi connectivity index (χ4v) is 2.09. The summed E-state index contributed by atoms with van der Waals surface area (Å²) >= 11 is 0. The van der Waals surface area contributed by atoms with Crippen LogP contribution in [0.15, 0.2) is 30.3 Å². The van der Waals surface area contributed by atoms with E-state index in [0.29, 0.717) is 6.42 Å². The first-order chi connectivity index (χ1) is 8.93. The van der Waals surface area contributed by atoms with Crippen LogP contribution in [0.5, 0.6) is 0 Å². The lowest BCUT2D eigenvalue weighted by Gasteiger charge is -2.25. The van der Waals surface area contributed by atoms with Gasteiger partial charge < -0.3 is 0 Å². The number of nitrogens with one attached hydrogen (secondary N) is 1. The van der Waals surface area contributed by atoms with Gasteiger partial charge in [0.05, 0.1) is 0 Å². The van der Waals surface area contributed by atoms with Crippen molar-refractivity contribution in [3.05, 3.63) is 35.9 Å². The van der Waals surface area contributed by atoms with E-state index in [9.17, 15) is 14.4 Å². The molecule has 0 spiro atoms. The number of carbonyl (C=O) groups is 3. The minimum absolute atomic E-state index is 0.203. The molecule has 19 heavy (non-hydrogen) atoms. The number of benzene rings is 1. The Morgan fingerprint density at radius 3 is 2.37 bits per heavy atom. The van der Waals surface area contributed by atoms with Crippen LogP contribution < -0.4 is 5.32 Å². The molecule has 1 heterocycles. The van der Waals surface area contributed by atoms with Crippen molar-refractivity contribution in [2.24, 2.45) is 0 Å². The average molecular weight is 260 g/mol. The highest BCUT2D eigenvalue weighted by Gasteiger charge is 2.48. The Morgan fingerprint density at radius 1 is 1.21 bits per heavy atom. The third kappa shape index (κ3) is 2.50. The van der Waals surface area contributed by atoms with Gasteiger partial charge in [-0.2, -0.15) is 0 Å². The SMILES string of the molecule is CC1(C)C(=O)NC(=O)N1C(=O)CCc1ccccc1. The summed E-state index contributed by atoms with van der Waals surface area (Å²) < 4.78 is 0. The van der Waals surface area contributed by atoms with Gasteiger partial charge in [-0.15, -0.1) is 0 Å². The minimum atomic E-state index is -1.11. The molecule has 0 atom stereocenters. The highest BCUT2D eigenvalue weighted by molar-refractivity contribution is 6.13. The van der Waals surface area contributed by atoms with Gasteiger partial charge in [0.15, 0.2) is 0 Å². The van der Waals surface area contributed by atoms with Gasteiger partial charge in [0, 0.05) is 6.42 Å². The molecule has 0 aliphatic carbocycles. The fourth-order valence-electron chi connectivity index (χ4n) is 2.09. The molecular weight excluding hydrogens is 244 g/mol. The van der Waals surface area contributed by atoms with E-state index in [-0.39, 0.29) is 12.3 Å². The lowest BCUT2D eigenvalue weighted by molar-refractivity contribution is -0.136. The summed E-state index contributed by atoms with van der Waals surface area (Å²) in [4.78, 5) is 36.3. The van der Waals surface area contributed by atoms with E-state index >= 15 is 0 Å². The molecule has 0 radical (unpaired) electrons. The number of hydrogen-bond donors (Lipinski definition) is 1. The molecule has 0 aromatic heterocycles. The zero-order valence-corrected chi connectivity index (χ0v) is 11.0. The van der Waals surface area contributed by atoms with Crippen LogP contribution >= 0.6 is 0 Å². The molecule has 1 N–H and O–H groups in total. The summed E-state index contributed by atoms with van der Waals surface area (Å²) in [6.07, 6.45) is 0.752. The van der Waals surface area contributed by atoms with E-state index in [1.54, 1.807) is 13.8 Å². The Balaban J connectivity index is 2.04. The molecule has 1 aromatic rings. The Kier molecular flexibility index (Phi) is 3.38. The molecule has 1 aliphatic rings. The van der Waals surface area contributed by atoms with E-state index in [1.165, 1.54) is 0 Å². The summed E-state index contributed by atoms with van der Waals surface area (Å²) in [5.74, 6) is -0.775. The maximum atomic E-state index is 12.1. The zero-order chi connectivity index (χ0) is 14.0. The second-order valence-corrected chi connectivity index (χ2v) is 5.03. The third-order valence-corrected chi connectivity index (χ3v) is 3.26. The van der Waals surface area contributed by atoms with Crippen LogP contribution in [0.2, 0.25) is 0 Å². The normalized spacial score (nSPS) is 17.5. The van der Waals surface area contributed by atoms with Crippen LogP contribution in [-0.2, 0) is 16.0 Å². The predicted octanol–water partition coefficient (Wildman–Crippen LogP) is 1.48. The lowest BCUT2D eigenvalue weighted by Crippen LogP contribution is -2.47.